The molecule has 2 atom stereocenters. The minimum Gasteiger partial charge on any atom is -0.348 e. The summed E-state index contributed by atoms with van der Waals surface area (Å²) < 4.78 is 25.2. The van der Waals surface area contributed by atoms with E-state index >= 15 is 0 Å². The van der Waals surface area contributed by atoms with Crippen LogP contribution in [0.1, 0.15) is 24.9 Å². The van der Waals surface area contributed by atoms with E-state index in [1.165, 1.54) is 14.1 Å². The fourth-order valence-corrected chi connectivity index (χ4v) is 3.31. The van der Waals surface area contributed by atoms with E-state index in [4.69, 9.17) is 5.73 Å². The van der Waals surface area contributed by atoms with Crippen LogP contribution >= 0.6 is 24.2 Å². The number of halogens is 1. The Labute approximate surface area is 155 Å². The number of nitrogens with one attached hydrogen (secondary N) is 1. The molecule has 24 heavy (non-hydrogen) atoms. The molecule has 0 saturated carbocycles. The maximum Gasteiger partial charge on any atom is 0.242 e. The molecule has 0 radical (unpaired) electrons. The molecule has 3 N–H and O–H groups in total. The molecule has 0 heterocycles. The first kappa shape index (κ1) is 23.2. The zero-order valence-electron chi connectivity index (χ0n) is 14.4. The van der Waals surface area contributed by atoms with Crippen molar-refractivity contribution in [2.24, 2.45) is 5.73 Å². The highest BCUT2D eigenvalue weighted by atomic mass is 35.5. The summed E-state index contributed by atoms with van der Waals surface area (Å²) in [7, 11) is -0.466. The van der Waals surface area contributed by atoms with E-state index in [-0.39, 0.29) is 29.3 Å². The molecule has 1 aromatic rings. The maximum atomic E-state index is 12.0. The Kier molecular flexibility index (Phi) is 9.91. The molecule has 2 unspecified atom stereocenters. The van der Waals surface area contributed by atoms with Crippen LogP contribution in [0.25, 0.3) is 0 Å². The molecule has 0 aliphatic carbocycles. The Morgan fingerprint density at radius 3 is 2.29 bits per heavy atom. The van der Waals surface area contributed by atoms with Gasteiger partial charge in [0.05, 0.1) is 17.0 Å². The average molecular weight is 396 g/mol. The number of hydrogen-bond donors (Lipinski definition) is 2. The maximum absolute atomic E-state index is 12.0. The summed E-state index contributed by atoms with van der Waals surface area (Å²) in [6.07, 6.45) is 2.59. The van der Waals surface area contributed by atoms with Crippen molar-refractivity contribution < 1.29 is 13.2 Å². The SMILES string of the molecule is CSCCC(N)C(=O)NC(C)c1ccc(S(=O)(=O)N(C)C)cc1.Cl. The van der Waals surface area contributed by atoms with Crippen molar-refractivity contribution in [2.45, 2.75) is 30.3 Å². The van der Waals surface area contributed by atoms with Crippen molar-refractivity contribution in [3.05, 3.63) is 29.8 Å². The van der Waals surface area contributed by atoms with E-state index < -0.39 is 16.1 Å². The van der Waals surface area contributed by atoms with Crippen LogP contribution in [-0.2, 0) is 14.8 Å². The number of rotatable bonds is 8. The van der Waals surface area contributed by atoms with Crippen LogP contribution in [0, 0.1) is 0 Å². The summed E-state index contributed by atoms with van der Waals surface area (Å²) in [6, 6.07) is 5.73. The lowest BCUT2D eigenvalue weighted by Gasteiger charge is -2.18. The zero-order valence-corrected chi connectivity index (χ0v) is 16.8. The zero-order chi connectivity index (χ0) is 17.6. The number of sulfonamides is 1. The van der Waals surface area contributed by atoms with Gasteiger partial charge in [0, 0.05) is 14.1 Å². The Morgan fingerprint density at radius 1 is 1.29 bits per heavy atom. The Morgan fingerprint density at radius 2 is 1.83 bits per heavy atom. The summed E-state index contributed by atoms with van der Waals surface area (Å²) in [5.41, 5.74) is 6.66. The van der Waals surface area contributed by atoms with Gasteiger partial charge in [-0.05, 0) is 43.0 Å². The molecule has 0 spiro atoms. The van der Waals surface area contributed by atoms with Gasteiger partial charge >= 0.3 is 0 Å². The van der Waals surface area contributed by atoms with Gasteiger partial charge in [0.1, 0.15) is 0 Å². The first-order chi connectivity index (χ1) is 10.7. The van der Waals surface area contributed by atoms with Crippen LogP contribution in [0.15, 0.2) is 29.2 Å². The topological polar surface area (TPSA) is 92.5 Å². The summed E-state index contributed by atoms with van der Waals surface area (Å²) in [6.45, 7) is 1.84. The van der Waals surface area contributed by atoms with E-state index in [1.807, 2.05) is 13.2 Å². The van der Waals surface area contributed by atoms with Crippen LogP contribution in [-0.4, -0.2) is 50.8 Å². The van der Waals surface area contributed by atoms with E-state index in [9.17, 15) is 13.2 Å². The van der Waals surface area contributed by atoms with Crippen LogP contribution in [0.3, 0.4) is 0 Å². The molecule has 0 aliphatic heterocycles. The normalized spacial score (nSPS) is 13.9. The number of carbonyl (C=O) groups is 1. The van der Waals surface area contributed by atoms with Crippen molar-refractivity contribution in [3.63, 3.8) is 0 Å². The Hall–Kier alpha value is -0.800. The summed E-state index contributed by atoms with van der Waals surface area (Å²) in [5.74, 6) is 0.636. The van der Waals surface area contributed by atoms with Gasteiger partial charge in [-0.2, -0.15) is 11.8 Å². The number of amides is 1. The van der Waals surface area contributed by atoms with E-state index in [0.717, 1.165) is 15.6 Å². The molecule has 1 rings (SSSR count). The highest BCUT2D eigenvalue weighted by Crippen LogP contribution is 2.18. The number of nitrogens with zero attached hydrogens (tertiary/aromatic N) is 1. The van der Waals surface area contributed by atoms with Gasteiger partial charge in [-0.1, -0.05) is 12.1 Å². The molecule has 0 saturated heterocycles. The lowest BCUT2D eigenvalue weighted by Crippen LogP contribution is -2.41. The molecule has 0 aromatic heterocycles. The van der Waals surface area contributed by atoms with Crippen molar-refractivity contribution in [3.8, 4) is 0 Å². The Balaban J connectivity index is 0.00000529. The van der Waals surface area contributed by atoms with E-state index in [1.54, 1.807) is 36.0 Å². The molecule has 0 bridgehead atoms. The third kappa shape index (κ3) is 6.25. The third-order valence-electron chi connectivity index (χ3n) is 3.49. The summed E-state index contributed by atoms with van der Waals surface area (Å²) in [5, 5.41) is 2.85. The predicted molar refractivity (Wildman–Crippen MR) is 102 cm³/mol. The predicted octanol–water partition coefficient (Wildman–Crippen LogP) is 1.62. The van der Waals surface area contributed by atoms with Crippen LogP contribution in [0.5, 0.6) is 0 Å². The number of benzene rings is 1. The monoisotopic (exact) mass is 395 g/mol. The standard InChI is InChI=1S/C15H25N3O3S2.ClH/c1-11(17-15(19)14(16)9-10-22-4)12-5-7-13(8-6-12)23(20,21)18(2)3;/h5-8,11,14H,9-10,16H2,1-4H3,(H,17,19);1H. The molecule has 1 aromatic carbocycles. The number of nitrogens with two attached hydrogens (primary N) is 1. The number of thioether (sulfide) groups is 1. The molecule has 9 heteroatoms. The fourth-order valence-electron chi connectivity index (χ4n) is 1.92. The number of carbonyl (C=O) groups excluding carboxylic acids is 1. The fraction of sp³-hybridized carbons (Fsp3) is 0.533. The van der Waals surface area contributed by atoms with Crippen LogP contribution in [0.4, 0.5) is 0 Å². The van der Waals surface area contributed by atoms with E-state index in [2.05, 4.69) is 5.32 Å². The van der Waals surface area contributed by atoms with Crippen molar-refractivity contribution in [1.82, 2.24) is 9.62 Å². The molecule has 138 valence electrons. The van der Waals surface area contributed by atoms with Crippen molar-refractivity contribution in [2.75, 3.05) is 26.1 Å². The largest absolute Gasteiger partial charge is 0.348 e. The van der Waals surface area contributed by atoms with E-state index in [0.29, 0.717) is 6.42 Å². The van der Waals surface area contributed by atoms with Gasteiger partial charge in [0.15, 0.2) is 0 Å². The first-order valence-corrected chi connectivity index (χ1v) is 10.1. The van der Waals surface area contributed by atoms with Crippen LogP contribution < -0.4 is 11.1 Å². The van der Waals surface area contributed by atoms with Gasteiger partial charge in [0.25, 0.3) is 0 Å². The molecule has 0 fully saturated rings. The second kappa shape index (κ2) is 10.2. The average Bonchev–Trinajstić information content (AvgIpc) is 2.52. The Bertz CT molecular complexity index is 621. The molecule has 1 amide bonds. The third-order valence-corrected chi connectivity index (χ3v) is 5.96. The summed E-state index contributed by atoms with van der Waals surface area (Å²) >= 11 is 1.65. The quantitative estimate of drug-likeness (QED) is 0.697. The lowest BCUT2D eigenvalue weighted by atomic mass is 10.1. The van der Waals surface area contributed by atoms with Crippen molar-refractivity contribution >= 4 is 40.1 Å². The molecule has 0 aliphatic rings. The van der Waals surface area contributed by atoms with Gasteiger partial charge in [-0.3, -0.25) is 4.79 Å². The summed E-state index contributed by atoms with van der Waals surface area (Å²) in [4.78, 5) is 12.2. The number of hydrogen-bond acceptors (Lipinski definition) is 5. The molecule has 6 nitrogen and oxygen atoms in total. The second-order valence-corrected chi connectivity index (χ2v) is 8.61. The smallest absolute Gasteiger partial charge is 0.242 e. The molecular formula is C15H26ClN3O3S2. The lowest BCUT2D eigenvalue weighted by molar-refractivity contribution is -0.123. The van der Waals surface area contributed by atoms with Gasteiger partial charge in [-0.15, -0.1) is 12.4 Å². The minimum atomic E-state index is -3.44. The minimum absolute atomic E-state index is 0. The molecular weight excluding hydrogens is 370 g/mol. The second-order valence-electron chi connectivity index (χ2n) is 5.47. The van der Waals surface area contributed by atoms with Gasteiger partial charge in [0.2, 0.25) is 15.9 Å². The van der Waals surface area contributed by atoms with Crippen LogP contribution in [0.2, 0.25) is 0 Å². The highest BCUT2D eigenvalue weighted by Gasteiger charge is 2.19. The van der Waals surface area contributed by atoms with Crippen molar-refractivity contribution in [1.29, 1.82) is 0 Å². The van der Waals surface area contributed by atoms with Gasteiger partial charge in [-0.25, -0.2) is 12.7 Å². The first-order valence-electron chi connectivity index (χ1n) is 7.27. The highest BCUT2D eigenvalue weighted by molar-refractivity contribution is 7.98. The van der Waals surface area contributed by atoms with Gasteiger partial charge < -0.3 is 11.1 Å².